The Balaban J connectivity index is 1.84. The zero-order valence-electron chi connectivity index (χ0n) is 11.0. The normalized spacial score (nSPS) is 30.1. The van der Waals surface area contributed by atoms with Crippen LogP contribution in [0.3, 0.4) is 0 Å². The van der Waals surface area contributed by atoms with Crippen LogP contribution in [0, 0.1) is 0 Å². The molecule has 0 aromatic rings. The van der Waals surface area contributed by atoms with Gasteiger partial charge >= 0.3 is 0 Å². The van der Waals surface area contributed by atoms with Crippen LogP contribution in [0.5, 0.6) is 0 Å². The van der Waals surface area contributed by atoms with Gasteiger partial charge in [-0.2, -0.15) is 0 Å². The summed E-state index contributed by atoms with van der Waals surface area (Å²) in [4.78, 5) is 27.1. The fraction of sp³-hybridized carbons (Fsp3) is 0.833. The molecule has 6 nitrogen and oxygen atoms in total. The minimum atomic E-state index is -0.0710. The van der Waals surface area contributed by atoms with Gasteiger partial charge in [0.1, 0.15) is 0 Å². The molecule has 18 heavy (non-hydrogen) atoms. The Morgan fingerprint density at radius 1 is 1.39 bits per heavy atom. The average Bonchev–Trinajstić information content (AvgIpc) is 2.27. The Hall–Kier alpha value is -1.14. The Kier molecular flexibility index (Phi) is 4.19. The summed E-state index contributed by atoms with van der Waals surface area (Å²) in [6, 6.07) is 0. The van der Waals surface area contributed by atoms with E-state index in [0.29, 0.717) is 19.6 Å². The summed E-state index contributed by atoms with van der Waals surface area (Å²) in [6.07, 6.45) is 0.317. The molecule has 1 N–H and O–H groups in total. The summed E-state index contributed by atoms with van der Waals surface area (Å²) in [5.41, 5.74) is 0. The number of nitrogens with zero attached hydrogens (tertiary/aromatic N) is 2. The third-order valence-corrected chi connectivity index (χ3v) is 3.25. The largest absolute Gasteiger partial charge is 0.373 e. The molecule has 0 aromatic heterocycles. The standard InChI is InChI=1S/C12H21N3O3/c1-9-5-14(6-10(2)18-9)8-12(17)15-4-3-13-11(16)7-15/h9-10H,3-8H2,1-2H3,(H,13,16). The van der Waals surface area contributed by atoms with Crippen molar-refractivity contribution < 1.29 is 14.3 Å². The summed E-state index contributed by atoms with van der Waals surface area (Å²) in [5.74, 6) is -0.0375. The molecule has 2 fully saturated rings. The van der Waals surface area contributed by atoms with Gasteiger partial charge in [-0.15, -0.1) is 0 Å². The second kappa shape index (κ2) is 5.67. The van der Waals surface area contributed by atoms with E-state index in [9.17, 15) is 9.59 Å². The predicted molar refractivity (Wildman–Crippen MR) is 66.0 cm³/mol. The highest BCUT2D eigenvalue weighted by Crippen LogP contribution is 2.10. The van der Waals surface area contributed by atoms with Gasteiger partial charge in [-0.25, -0.2) is 0 Å². The highest BCUT2D eigenvalue weighted by atomic mass is 16.5. The maximum Gasteiger partial charge on any atom is 0.239 e. The number of ether oxygens (including phenoxy) is 1. The molecule has 2 heterocycles. The van der Waals surface area contributed by atoms with Gasteiger partial charge in [-0.3, -0.25) is 14.5 Å². The number of carbonyl (C=O) groups is 2. The molecule has 2 unspecified atom stereocenters. The van der Waals surface area contributed by atoms with E-state index >= 15 is 0 Å². The van der Waals surface area contributed by atoms with Crippen LogP contribution in [0.25, 0.3) is 0 Å². The number of nitrogens with one attached hydrogen (secondary N) is 1. The summed E-state index contributed by atoms with van der Waals surface area (Å²) >= 11 is 0. The zero-order valence-corrected chi connectivity index (χ0v) is 11.0. The van der Waals surface area contributed by atoms with Gasteiger partial charge in [0.25, 0.3) is 0 Å². The van der Waals surface area contributed by atoms with E-state index in [1.54, 1.807) is 4.90 Å². The second-order valence-corrected chi connectivity index (χ2v) is 5.12. The quantitative estimate of drug-likeness (QED) is 0.691. The monoisotopic (exact) mass is 255 g/mol. The molecule has 0 radical (unpaired) electrons. The van der Waals surface area contributed by atoms with E-state index < -0.39 is 0 Å². The number of hydrogen-bond donors (Lipinski definition) is 1. The first kappa shape index (κ1) is 13.3. The van der Waals surface area contributed by atoms with E-state index in [2.05, 4.69) is 10.2 Å². The molecule has 2 atom stereocenters. The highest BCUT2D eigenvalue weighted by molar-refractivity contribution is 5.86. The smallest absolute Gasteiger partial charge is 0.239 e. The minimum absolute atomic E-state index is 0.0335. The molecule has 2 saturated heterocycles. The maximum atomic E-state index is 12.1. The molecular formula is C12H21N3O3. The Morgan fingerprint density at radius 3 is 2.67 bits per heavy atom. The van der Waals surface area contributed by atoms with Crippen LogP contribution < -0.4 is 5.32 Å². The van der Waals surface area contributed by atoms with Gasteiger partial charge in [0.2, 0.25) is 11.8 Å². The molecule has 102 valence electrons. The molecule has 0 saturated carbocycles. The number of carbonyl (C=O) groups excluding carboxylic acids is 2. The van der Waals surface area contributed by atoms with Gasteiger partial charge in [0.05, 0.1) is 25.3 Å². The van der Waals surface area contributed by atoms with Crippen LogP contribution >= 0.6 is 0 Å². The van der Waals surface area contributed by atoms with E-state index in [1.807, 2.05) is 13.8 Å². The lowest BCUT2D eigenvalue weighted by molar-refractivity contribution is -0.141. The van der Waals surface area contributed by atoms with Crippen LogP contribution in [0.4, 0.5) is 0 Å². The Labute approximate surface area is 107 Å². The van der Waals surface area contributed by atoms with E-state index in [4.69, 9.17) is 4.74 Å². The van der Waals surface area contributed by atoms with Crippen LogP contribution in [0.15, 0.2) is 0 Å². The van der Waals surface area contributed by atoms with Crippen molar-refractivity contribution in [1.29, 1.82) is 0 Å². The summed E-state index contributed by atoms with van der Waals surface area (Å²) in [5, 5.41) is 2.72. The second-order valence-electron chi connectivity index (χ2n) is 5.12. The molecule has 6 heteroatoms. The molecule has 2 aliphatic heterocycles. The van der Waals surface area contributed by atoms with E-state index in [1.165, 1.54) is 0 Å². The first-order valence-corrected chi connectivity index (χ1v) is 6.47. The van der Waals surface area contributed by atoms with E-state index in [-0.39, 0.29) is 30.6 Å². The average molecular weight is 255 g/mol. The van der Waals surface area contributed by atoms with Gasteiger partial charge < -0.3 is 15.0 Å². The van der Waals surface area contributed by atoms with Gasteiger partial charge in [0, 0.05) is 26.2 Å². The number of amides is 2. The third-order valence-electron chi connectivity index (χ3n) is 3.25. The van der Waals surface area contributed by atoms with Gasteiger partial charge in [0.15, 0.2) is 0 Å². The maximum absolute atomic E-state index is 12.1. The van der Waals surface area contributed by atoms with Crippen molar-refractivity contribution in [1.82, 2.24) is 15.1 Å². The Bertz CT molecular complexity index is 325. The van der Waals surface area contributed by atoms with Crippen LogP contribution in [0.2, 0.25) is 0 Å². The topological polar surface area (TPSA) is 61.9 Å². The van der Waals surface area contributed by atoms with Crippen LogP contribution in [-0.4, -0.2) is 73.1 Å². The fourth-order valence-electron chi connectivity index (χ4n) is 2.56. The molecule has 2 aliphatic rings. The fourth-order valence-corrected chi connectivity index (χ4v) is 2.56. The molecule has 2 amide bonds. The van der Waals surface area contributed by atoms with Crippen molar-refractivity contribution in [3.63, 3.8) is 0 Å². The van der Waals surface area contributed by atoms with E-state index in [0.717, 1.165) is 13.1 Å². The lowest BCUT2D eigenvalue weighted by Crippen LogP contribution is -2.54. The Morgan fingerprint density at radius 2 is 2.06 bits per heavy atom. The van der Waals surface area contributed by atoms with Crippen LogP contribution in [-0.2, 0) is 14.3 Å². The van der Waals surface area contributed by atoms with Crippen molar-refractivity contribution in [3.05, 3.63) is 0 Å². The molecule has 0 bridgehead atoms. The molecule has 2 rings (SSSR count). The van der Waals surface area contributed by atoms with Crippen LogP contribution in [0.1, 0.15) is 13.8 Å². The SMILES string of the molecule is CC1CN(CC(=O)N2CCNC(=O)C2)CC(C)O1. The number of piperazine rings is 1. The lowest BCUT2D eigenvalue weighted by atomic mass is 10.2. The van der Waals surface area contributed by atoms with Crippen molar-refractivity contribution >= 4 is 11.8 Å². The lowest BCUT2D eigenvalue weighted by Gasteiger charge is -2.36. The summed E-state index contributed by atoms with van der Waals surface area (Å²) in [6.45, 7) is 7.31. The van der Waals surface area contributed by atoms with Crippen molar-refractivity contribution in [2.24, 2.45) is 0 Å². The van der Waals surface area contributed by atoms with Crippen molar-refractivity contribution in [2.45, 2.75) is 26.1 Å². The third kappa shape index (κ3) is 3.43. The summed E-state index contributed by atoms with van der Waals surface area (Å²) < 4.78 is 5.63. The number of hydrogen-bond acceptors (Lipinski definition) is 4. The molecule has 0 aliphatic carbocycles. The molecular weight excluding hydrogens is 234 g/mol. The molecule has 0 aromatic carbocycles. The minimum Gasteiger partial charge on any atom is -0.373 e. The first-order valence-electron chi connectivity index (χ1n) is 6.47. The predicted octanol–water partition coefficient (Wildman–Crippen LogP) is -0.946. The number of rotatable bonds is 2. The van der Waals surface area contributed by atoms with Gasteiger partial charge in [-0.05, 0) is 13.8 Å². The van der Waals surface area contributed by atoms with Gasteiger partial charge in [-0.1, -0.05) is 0 Å². The summed E-state index contributed by atoms with van der Waals surface area (Å²) in [7, 11) is 0. The van der Waals surface area contributed by atoms with Crippen molar-refractivity contribution in [3.8, 4) is 0 Å². The highest BCUT2D eigenvalue weighted by Gasteiger charge is 2.27. The molecule has 0 spiro atoms. The number of morpholine rings is 1. The first-order chi connectivity index (χ1) is 8.54. The zero-order chi connectivity index (χ0) is 13.1. The van der Waals surface area contributed by atoms with Crippen molar-refractivity contribution in [2.75, 3.05) is 39.3 Å².